The van der Waals surface area contributed by atoms with Crippen LogP contribution >= 0.6 is 0 Å². The lowest BCUT2D eigenvalue weighted by Crippen LogP contribution is -2.05. The van der Waals surface area contributed by atoms with Crippen molar-refractivity contribution in [2.75, 3.05) is 0 Å². The highest BCUT2D eigenvalue weighted by atomic mass is 14.2. The molecule has 1 rings (SSSR count). The minimum atomic E-state index is 1.09. The van der Waals surface area contributed by atoms with Gasteiger partial charge in [-0.15, -0.1) is 0 Å². The van der Waals surface area contributed by atoms with Crippen LogP contribution in [0, 0.1) is 12.3 Å². The van der Waals surface area contributed by atoms with Gasteiger partial charge < -0.3 is 0 Å². The van der Waals surface area contributed by atoms with Crippen LogP contribution in [0.3, 0.4) is 0 Å². The molecular formula is C14H27. The molecule has 0 bridgehead atoms. The van der Waals surface area contributed by atoms with Crippen LogP contribution in [-0.4, -0.2) is 0 Å². The molecule has 1 aliphatic carbocycles. The number of hydrogen-bond donors (Lipinski definition) is 0. The predicted molar refractivity (Wildman–Crippen MR) is 64.3 cm³/mol. The van der Waals surface area contributed by atoms with Crippen molar-refractivity contribution in [3.05, 3.63) is 6.42 Å². The molecule has 0 aromatic carbocycles. The van der Waals surface area contributed by atoms with Crippen molar-refractivity contribution >= 4 is 0 Å². The summed E-state index contributed by atoms with van der Waals surface area (Å²) in [5.41, 5.74) is 0. The normalized spacial score (nSPS) is 18.6. The summed E-state index contributed by atoms with van der Waals surface area (Å²) in [6, 6.07) is 0. The summed E-state index contributed by atoms with van der Waals surface area (Å²) in [6.45, 7) is 2.26. The van der Waals surface area contributed by atoms with E-state index in [0.717, 1.165) is 5.92 Å². The molecule has 14 heavy (non-hydrogen) atoms. The number of rotatable bonds is 7. The summed E-state index contributed by atoms with van der Waals surface area (Å²) < 4.78 is 0. The van der Waals surface area contributed by atoms with Crippen LogP contribution in [0.5, 0.6) is 0 Å². The maximum absolute atomic E-state index is 2.47. The fourth-order valence-corrected chi connectivity index (χ4v) is 2.55. The van der Waals surface area contributed by atoms with Crippen LogP contribution in [-0.2, 0) is 0 Å². The maximum Gasteiger partial charge on any atom is -0.0386 e. The molecule has 0 heteroatoms. The summed E-state index contributed by atoms with van der Waals surface area (Å²) in [4.78, 5) is 0. The van der Waals surface area contributed by atoms with Gasteiger partial charge in [0.05, 0.1) is 0 Å². The van der Waals surface area contributed by atoms with Crippen molar-refractivity contribution in [3.63, 3.8) is 0 Å². The monoisotopic (exact) mass is 195 g/mol. The maximum atomic E-state index is 2.47. The van der Waals surface area contributed by atoms with Gasteiger partial charge in [-0.1, -0.05) is 77.6 Å². The predicted octanol–water partition coefficient (Wildman–Crippen LogP) is 5.13. The Kier molecular flexibility index (Phi) is 7.17. The highest BCUT2D eigenvalue weighted by molar-refractivity contribution is 4.67. The van der Waals surface area contributed by atoms with Gasteiger partial charge >= 0.3 is 0 Å². The zero-order valence-corrected chi connectivity index (χ0v) is 9.93. The van der Waals surface area contributed by atoms with Crippen LogP contribution in [0.2, 0.25) is 0 Å². The Bertz CT molecular complexity index is 111. The molecule has 0 amide bonds. The molecule has 0 heterocycles. The molecule has 0 unspecified atom stereocenters. The molecule has 0 nitrogen and oxygen atoms in total. The van der Waals surface area contributed by atoms with Gasteiger partial charge in [0.15, 0.2) is 0 Å². The van der Waals surface area contributed by atoms with Gasteiger partial charge in [-0.2, -0.15) is 0 Å². The summed E-state index contributed by atoms with van der Waals surface area (Å²) in [5, 5.41) is 0. The summed E-state index contributed by atoms with van der Waals surface area (Å²) in [6.07, 6.45) is 18.5. The van der Waals surface area contributed by atoms with Crippen LogP contribution in [0.1, 0.15) is 77.6 Å². The third kappa shape index (κ3) is 5.67. The van der Waals surface area contributed by atoms with Crippen molar-refractivity contribution in [1.29, 1.82) is 0 Å². The van der Waals surface area contributed by atoms with Gasteiger partial charge in [0.1, 0.15) is 0 Å². The number of unbranched alkanes of at least 4 members (excludes halogenated alkanes) is 5. The minimum Gasteiger partial charge on any atom is -0.0654 e. The molecule has 1 fully saturated rings. The van der Waals surface area contributed by atoms with Crippen molar-refractivity contribution in [2.45, 2.75) is 77.6 Å². The average molecular weight is 195 g/mol. The highest BCUT2D eigenvalue weighted by Gasteiger charge is 2.12. The Morgan fingerprint density at radius 2 is 1.79 bits per heavy atom. The van der Waals surface area contributed by atoms with Crippen LogP contribution in [0.25, 0.3) is 0 Å². The molecule has 0 aliphatic heterocycles. The fourth-order valence-electron chi connectivity index (χ4n) is 2.55. The van der Waals surface area contributed by atoms with E-state index < -0.39 is 0 Å². The lowest BCUT2D eigenvalue weighted by molar-refractivity contribution is 0.329. The Morgan fingerprint density at radius 1 is 1.00 bits per heavy atom. The van der Waals surface area contributed by atoms with Gasteiger partial charge in [-0.25, -0.2) is 0 Å². The van der Waals surface area contributed by atoms with E-state index in [1.165, 1.54) is 70.6 Å². The highest BCUT2D eigenvalue weighted by Crippen LogP contribution is 2.27. The summed E-state index contributed by atoms with van der Waals surface area (Å²) >= 11 is 0. The topological polar surface area (TPSA) is 0 Å². The zero-order chi connectivity index (χ0) is 10.1. The van der Waals surface area contributed by atoms with E-state index in [2.05, 4.69) is 13.3 Å². The first kappa shape index (κ1) is 12.1. The van der Waals surface area contributed by atoms with Crippen LogP contribution in [0.15, 0.2) is 0 Å². The standard InChI is InChI=1S/C14H27/c1-2-3-4-5-6-8-11-14-12-9-7-10-13-14/h4,14H,2-3,5-13H2,1H3. The van der Waals surface area contributed by atoms with Gasteiger partial charge in [0.2, 0.25) is 0 Å². The third-order valence-electron chi connectivity index (χ3n) is 3.49. The first-order chi connectivity index (χ1) is 6.93. The van der Waals surface area contributed by atoms with E-state index >= 15 is 0 Å². The lowest BCUT2D eigenvalue weighted by atomic mass is 9.85. The molecule has 1 saturated carbocycles. The fraction of sp³-hybridized carbons (Fsp3) is 0.929. The van der Waals surface area contributed by atoms with Gasteiger partial charge in [0.25, 0.3) is 0 Å². The van der Waals surface area contributed by atoms with E-state index in [-0.39, 0.29) is 0 Å². The molecule has 0 atom stereocenters. The van der Waals surface area contributed by atoms with E-state index in [1.807, 2.05) is 0 Å². The lowest BCUT2D eigenvalue weighted by Gasteiger charge is -2.21. The molecule has 1 radical (unpaired) electrons. The Labute approximate surface area is 90.5 Å². The molecule has 0 aromatic rings. The summed E-state index contributed by atoms with van der Waals surface area (Å²) in [5.74, 6) is 1.09. The third-order valence-corrected chi connectivity index (χ3v) is 3.49. The second kappa shape index (κ2) is 8.32. The van der Waals surface area contributed by atoms with Crippen LogP contribution < -0.4 is 0 Å². The van der Waals surface area contributed by atoms with Gasteiger partial charge in [-0.3, -0.25) is 0 Å². The van der Waals surface area contributed by atoms with E-state index in [0.29, 0.717) is 0 Å². The molecule has 0 N–H and O–H groups in total. The summed E-state index contributed by atoms with van der Waals surface area (Å²) in [7, 11) is 0. The Morgan fingerprint density at radius 3 is 2.50 bits per heavy atom. The molecule has 83 valence electrons. The largest absolute Gasteiger partial charge is 0.0654 e. The van der Waals surface area contributed by atoms with Crippen molar-refractivity contribution in [3.8, 4) is 0 Å². The smallest absolute Gasteiger partial charge is 0.0386 e. The zero-order valence-electron chi connectivity index (χ0n) is 9.93. The Balaban J connectivity index is 1.82. The Hall–Kier alpha value is 0. The first-order valence-electron chi connectivity index (χ1n) is 6.75. The number of hydrogen-bond acceptors (Lipinski definition) is 0. The first-order valence-corrected chi connectivity index (χ1v) is 6.75. The molecular weight excluding hydrogens is 168 g/mol. The van der Waals surface area contributed by atoms with E-state index in [1.54, 1.807) is 0 Å². The van der Waals surface area contributed by atoms with Crippen molar-refractivity contribution in [2.24, 2.45) is 5.92 Å². The molecule has 1 aliphatic rings. The second-order valence-corrected chi connectivity index (χ2v) is 4.87. The SMILES string of the molecule is CCC[CH]CCCCC1CCCCC1. The molecule has 0 aromatic heterocycles. The van der Waals surface area contributed by atoms with Crippen molar-refractivity contribution < 1.29 is 0 Å². The van der Waals surface area contributed by atoms with Crippen LogP contribution in [0.4, 0.5) is 0 Å². The van der Waals surface area contributed by atoms with Gasteiger partial charge in [-0.05, 0) is 12.3 Å². The molecule has 0 saturated heterocycles. The van der Waals surface area contributed by atoms with E-state index in [9.17, 15) is 0 Å². The quantitative estimate of drug-likeness (QED) is 0.494. The second-order valence-electron chi connectivity index (χ2n) is 4.87. The average Bonchev–Trinajstić information content (AvgIpc) is 2.25. The molecule has 0 spiro atoms. The van der Waals surface area contributed by atoms with Crippen molar-refractivity contribution in [1.82, 2.24) is 0 Å². The van der Waals surface area contributed by atoms with Gasteiger partial charge in [0, 0.05) is 0 Å². The minimum absolute atomic E-state index is 1.09. The van der Waals surface area contributed by atoms with E-state index in [4.69, 9.17) is 0 Å².